The molecule has 0 saturated carbocycles. The first kappa shape index (κ1) is 8.74. The molecule has 0 aliphatic carbocycles. The van der Waals surface area contributed by atoms with Crippen LogP contribution in [0.2, 0.25) is 0 Å². The van der Waals surface area contributed by atoms with Gasteiger partial charge in [0.05, 0.1) is 0 Å². The zero-order valence-electron chi connectivity index (χ0n) is 6.68. The summed E-state index contributed by atoms with van der Waals surface area (Å²) in [4.78, 5) is 2.27. The van der Waals surface area contributed by atoms with Crippen LogP contribution >= 0.6 is 22.9 Å². The van der Waals surface area contributed by atoms with Crippen LogP contribution in [0.5, 0.6) is 0 Å². The molecular weight excluding hydrogens is 239 g/mol. The van der Waals surface area contributed by atoms with E-state index < -0.39 is 0 Å². The summed E-state index contributed by atoms with van der Waals surface area (Å²) in [5, 5.41) is 0. The molecule has 1 fully saturated rings. The van der Waals surface area contributed by atoms with Gasteiger partial charge >= 0.3 is 0 Å². The molecule has 60 valence electrons. The predicted molar refractivity (Wildman–Crippen MR) is 52.3 cm³/mol. The van der Waals surface area contributed by atoms with Gasteiger partial charge in [-0.2, -0.15) is 0 Å². The average molecular weight is 254 g/mol. The topological polar surface area (TPSA) is 6.48 Å². The molecule has 1 aliphatic heterocycles. The van der Waals surface area contributed by atoms with Gasteiger partial charge in [-0.1, -0.05) is 0 Å². The van der Waals surface area contributed by atoms with Crippen LogP contribution in [0.15, 0.2) is 0 Å². The predicted octanol–water partition coefficient (Wildman–Crippen LogP) is 1.36. The lowest BCUT2D eigenvalue weighted by Gasteiger charge is -2.20. The summed E-state index contributed by atoms with van der Waals surface area (Å²) in [6.07, 6.45) is 2.75. The molecule has 0 amide bonds. The van der Waals surface area contributed by atoms with Crippen LogP contribution in [0, 0.1) is 0 Å². The fraction of sp³-hybridized carbons (Fsp3) is 1.00. The van der Waals surface area contributed by atoms with Gasteiger partial charge in [-0.05, 0) is 26.9 Å². The van der Waals surface area contributed by atoms with Crippen molar-refractivity contribution in [3.63, 3.8) is 0 Å². The van der Waals surface area contributed by atoms with Gasteiger partial charge in [0.15, 0.2) is 0 Å². The third-order valence-electron chi connectivity index (χ3n) is 1.88. The Bertz CT molecular complexity index is 106. The van der Waals surface area contributed by atoms with Gasteiger partial charge in [0, 0.05) is 42.0 Å². The Balaban J connectivity index is 2.26. The van der Waals surface area contributed by atoms with E-state index in [-0.39, 0.29) is 0 Å². The lowest BCUT2D eigenvalue weighted by atomic mass is 10.2. The molecule has 1 atom stereocenters. The van der Waals surface area contributed by atoms with Crippen LogP contribution < -0.4 is 0 Å². The second-order valence-corrected chi connectivity index (χ2v) is 4.42. The summed E-state index contributed by atoms with van der Waals surface area (Å²) >= 11 is 2.43. The van der Waals surface area contributed by atoms with Crippen LogP contribution in [0.25, 0.3) is 0 Å². The van der Waals surface area contributed by atoms with Gasteiger partial charge < -0.3 is 4.90 Å². The van der Waals surface area contributed by atoms with E-state index in [1.165, 1.54) is 25.9 Å². The molecule has 0 radical (unpaired) electrons. The number of likely N-dealkylation sites (N-methyl/N-ethyl adjacent to an activating group) is 1. The van der Waals surface area contributed by atoms with E-state index in [2.05, 4.69) is 45.0 Å². The lowest BCUT2D eigenvalue weighted by molar-refractivity contribution is 0.318. The summed E-state index contributed by atoms with van der Waals surface area (Å²) < 4.78 is 2.43. The fourth-order valence-electron chi connectivity index (χ4n) is 1.40. The zero-order chi connectivity index (χ0) is 7.56. The van der Waals surface area contributed by atoms with Crippen LogP contribution in [0.1, 0.15) is 12.8 Å². The quantitative estimate of drug-likeness (QED) is 0.542. The van der Waals surface area contributed by atoms with Crippen LogP contribution in [-0.4, -0.2) is 41.2 Å². The Hall–Kier alpha value is 0.650. The molecule has 1 heterocycles. The first-order chi connectivity index (χ1) is 4.70. The Kier molecular flexibility index (Phi) is 3.39. The van der Waals surface area contributed by atoms with Gasteiger partial charge in [0.25, 0.3) is 0 Å². The number of nitrogens with zero attached hydrogens (tertiary/aromatic N) is 2. The minimum Gasteiger partial charge on any atom is -0.308 e. The Morgan fingerprint density at radius 3 is 2.70 bits per heavy atom. The van der Waals surface area contributed by atoms with E-state index in [4.69, 9.17) is 0 Å². The summed E-state index contributed by atoms with van der Waals surface area (Å²) in [5.74, 6) is 0. The first-order valence-electron chi connectivity index (χ1n) is 3.77. The maximum atomic E-state index is 2.43. The van der Waals surface area contributed by atoms with E-state index in [0.717, 1.165) is 6.04 Å². The Morgan fingerprint density at radius 2 is 2.30 bits per heavy atom. The summed E-state index contributed by atoms with van der Waals surface area (Å²) in [6.45, 7) is 2.49. The molecule has 3 heteroatoms. The number of rotatable bonds is 2. The average Bonchev–Trinajstić information content (AvgIpc) is 2.15. The smallest absolute Gasteiger partial charge is 0.0321 e. The maximum Gasteiger partial charge on any atom is 0.0321 e. The molecule has 1 rings (SSSR count). The van der Waals surface area contributed by atoms with Crippen molar-refractivity contribution in [2.75, 3.05) is 27.2 Å². The Morgan fingerprint density at radius 1 is 1.60 bits per heavy atom. The number of halogens is 1. The lowest BCUT2D eigenvalue weighted by Crippen LogP contribution is -2.31. The van der Waals surface area contributed by atoms with Gasteiger partial charge in [-0.3, -0.25) is 0 Å². The van der Waals surface area contributed by atoms with Crippen LogP contribution in [0.4, 0.5) is 0 Å². The van der Waals surface area contributed by atoms with Crippen LogP contribution in [-0.2, 0) is 0 Å². The molecule has 0 bridgehead atoms. The largest absolute Gasteiger partial charge is 0.308 e. The molecule has 0 aromatic rings. The SMILES string of the molecule is CN(C)C[C@@H]1CCCN1I. The molecule has 1 saturated heterocycles. The zero-order valence-corrected chi connectivity index (χ0v) is 8.84. The van der Waals surface area contributed by atoms with Gasteiger partial charge in [-0.25, -0.2) is 3.11 Å². The fourth-order valence-corrected chi connectivity index (χ4v) is 2.20. The molecule has 1 aliphatic rings. The normalized spacial score (nSPS) is 28.2. The number of hydrogen-bond donors (Lipinski definition) is 0. The minimum atomic E-state index is 0.801. The van der Waals surface area contributed by atoms with Crippen molar-refractivity contribution in [2.24, 2.45) is 0 Å². The van der Waals surface area contributed by atoms with Crippen molar-refractivity contribution in [1.82, 2.24) is 8.01 Å². The second kappa shape index (κ2) is 3.88. The van der Waals surface area contributed by atoms with Crippen molar-refractivity contribution < 1.29 is 0 Å². The maximum absolute atomic E-state index is 2.43. The van der Waals surface area contributed by atoms with Crippen molar-refractivity contribution in [3.05, 3.63) is 0 Å². The summed E-state index contributed by atoms with van der Waals surface area (Å²) in [7, 11) is 4.28. The highest BCUT2D eigenvalue weighted by Gasteiger charge is 2.22. The van der Waals surface area contributed by atoms with Gasteiger partial charge in [-0.15, -0.1) is 0 Å². The van der Waals surface area contributed by atoms with E-state index in [9.17, 15) is 0 Å². The van der Waals surface area contributed by atoms with Crippen molar-refractivity contribution in [1.29, 1.82) is 0 Å². The van der Waals surface area contributed by atoms with E-state index in [0.29, 0.717) is 0 Å². The molecule has 10 heavy (non-hydrogen) atoms. The Labute approximate surface area is 77.1 Å². The first-order valence-corrected chi connectivity index (χ1v) is 4.74. The molecule has 0 aromatic carbocycles. The highest BCUT2D eigenvalue weighted by atomic mass is 127. The van der Waals surface area contributed by atoms with Crippen molar-refractivity contribution in [2.45, 2.75) is 18.9 Å². The molecule has 0 spiro atoms. The third kappa shape index (κ3) is 2.36. The van der Waals surface area contributed by atoms with Crippen molar-refractivity contribution >= 4 is 22.9 Å². The minimum absolute atomic E-state index is 0.801. The highest BCUT2D eigenvalue weighted by molar-refractivity contribution is 14.1. The molecular formula is C7H15IN2. The summed E-state index contributed by atoms with van der Waals surface area (Å²) in [6, 6.07) is 0.801. The van der Waals surface area contributed by atoms with E-state index in [1.54, 1.807) is 0 Å². The molecule has 0 unspecified atom stereocenters. The molecule has 2 nitrogen and oxygen atoms in total. The van der Waals surface area contributed by atoms with Crippen LogP contribution in [0.3, 0.4) is 0 Å². The van der Waals surface area contributed by atoms with E-state index >= 15 is 0 Å². The molecule has 0 aromatic heterocycles. The number of hydrogen-bond acceptors (Lipinski definition) is 2. The van der Waals surface area contributed by atoms with Gasteiger partial charge in [0.1, 0.15) is 0 Å². The third-order valence-corrected chi connectivity index (χ3v) is 3.15. The van der Waals surface area contributed by atoms with Crippen molar-refractivity contribution in [3.8, 4) is 0 Å². The summed E-state index contributed by atoms with van der Waals surface area (Å²) in [5.41, 5.74) is 0. The molecule has 0 N–H and O–H groups in total. The standard InChI is InChI=1S/C7H15IN2/c1-9(2)6-7-4-3-5-10(7)8/h7H,3-6H2,1-2H3/t7-/m0/s1. The highest BCUT2D eigenvalue weighted by Crippen LogP contribution is 2.20. The van der Waals surface area contributed by atoms with E-state index in [1.807, 2.05) is 0 Å². The van der Waals surface area contributed by atoms with Gasteiger partial charge in [0.2, 0.25) is 0 Å². The second-order valence-electron chi connectivity index (χ2n) is 3.18. The monoisotopic (exact) mass is 254 g/mol.